The molecule has 1 aromatic carbocycles. The summed E-state index contributed by atoms with van der Waals surface area (Å²) in [6.45, 7) is 6.08. The Balaban J connectivity index is 2.26. The van der Waals surface area contributed by atoms with Crippen LogP contribution in [0.25, 0.3) is 6.08 Å². The van der Waals surface area contributed by atoms with Crippen LogP contribution in [0, 0.1) is 11.2 Å². The fraction of sp³-hybridized carbons (Fsp3) is 0.471. The van der Waals surface area contributed by atoms with Gasteiger partial charge >= 0.3 is 5.97 Å². The molecule has 1 saturated heterocycles. The van der Waals surface area contributed by atoms with E-state index < -0.39 is 5.97 Å². The molecule has 1 aliphatic rings. The van der Waals surface area contributed by atoms with Gasteiger partial charge < -0.3 is 10.0 Å². The van der Waals surface area contributed by atoms with Crippen molar-refractivity contribution in [1.82, 2.24) is 0 Å². The van der Waals surface area contributed by atoms with E-state index >= 15 is 0 Å². The van der Waals surface area contributed by atoms with Crippen molar-refractivity contribution in [3.05, 3.63) is 35.7 Å². The molecule has 2 rings (SSSR count). The van der Waals surface area contributed by atoms with Crippen molar-refractivity contribution < 1.29 is 14.3 Å². The van der Waals surface area contributed by atoms with Gasteiger partial charge in [0.2, 0.25) is 0 Å². The molecule has 1 fully saturated rings. The van der Waals surface area contributed by atoms with Gasteiger partial charge in [-0.15, -0.1) is 0 Å². The Kier molecular flexibility index (Phi) is 4.66. The Morgan fingerprint density at radius 2 is 2.10 bits per heavy atom. The SMILES string of the molecule is CCC1(C)CCN(c2c(F)cccc2/C=C/C(=O)O)CC1. The minimum absolute atomic E-state index is 0.289. The molecule has 1 aliphatic heterocycles. The summed E-state index contributed by atoms with van der Waals surface area (Å²) in [6, 6.07) is 4.80. The average Bonchev–Trinajstić information content (AvgIpc) is 2.46. The summed E-state index contributed by atoms with van der Waals surface area (Å²) in [5.41, 5.74) is 1.48. The number of carbonyl (C=O) groups is 1. The molecule has 0 amide bonds. The van der Waals surface area contributed by atoms with Gasteiger partial charge in [-0.3, -0.25) is 0 Å². The van der Waals surface area contributed by atoms with Crippen molar-refractivity contribution >= 4 is 17.7 Å². The van der Waals surface area contributed by atoms with Crippen molar-refractivity contribution in [1.29, 1.82) is 0 Å². The molecular weight excluding hydrogens is 269 g/mol. The van der Waals surface area contributed by atoms with Crippen LogP contribution in [0.15, 0.2) is 24.3 Å². The fourth-order valence-electron chi connectivity index (χ4n) is 2.78. The van der Waals surface area contributed by atoms with E-state index in [-0.39, 0.29) is 5.82 Å². The lowest BCUT2D eigenvalue weighted by molar-refractivity contribution is -0.131. The fourth-order valence-corrected chi connectivity index (χ4v) is 2.78. The minimum Gasteiger partial charge on any atom is -0.478 e. The number of aliphatic carboxylic acids is 1. The van der Waals surface area contributed by atoms with Crippen molar-refractivity contribution in [3.8, 4) is 0 Å². The molecule has 3 nitrogen and oxygen atoms in total. The van der Waals surface area contributed by atoms with Gasteiger partial charge in [0.05, 0.1) is 5.69 Å². The molecule has 4 heteroatoms. The maximum atomic E-state index is 14.2. The zero-order valence-electron chi connectivity index (χ0n) is 12.6. The highest BCUT2D eigenvalue weighted by Crippen LogP contribution is 2.37. The van der Waals surface area contributed by atoms with Gasteiger partial charge in [0.15, 0.2) is 0 Å². The second-order valence-corrected chi connectivity index (χ2v) is 6.00. The number of anilines is 1. The van der Waals surface area contributed by atoms with E-state index in [1.54, 1.807) is 12.1 Å². The topological polar surface area (TPSA) is 40.5 Å². The quantitative estimate of drug-likeness (QED) is 0.854. The van der Waals surface area contributed by atoms with E-state index in [0.29, 0.717) is 16.7 Å². The van der Waals surface area contributed by atoms with Crippen LogP contribution in [0.1, 0.15) is 38.7 Å². The van der Waals surface area contributed by atoms with Gasteiger partial charge in [-0.05, 0) is 30.4 Å². The Hall–Kier alpha value is -1.84. The zero-order valence-corrected chi connectivity index (χ0v) is 12.6. The van der Waals surface area contributed by atoms with E-state index in [4.69, 9.17) is 5.11 Å². The predicted octanol–water partition coefficient (Wildman–Crippen LogP) is 3.94. The molecular formula is C17H22FNO2. The number of hydrogen-bond donors (Lipinski definition) is 1. The summed E-state index contributed by atoms with van der Waals surface area (Å²) >= 11 is 0. The molecule has 0 saturated carbocycles. The molecule has 0 atom stereocenters. The number of carboxylic acids is 1. The van der Waals surface area contributed by atoms with E-state index in [0.717, 1.165) is 38.4 Å². The molecule has 1 aromatic rings. The highest BCUT2D eigenvalue weighted by atomic mass is 19.1. The van der Waals surface area contributed by atoms with E-state index in [2.05, 4.69) is 13.8 Å². The van der Waals surface area contributed by atoms with E-state index in [1.165, 1.54) is 12.1 Å². The van der Waals surface area contributed by atoms with Crippen molar-refractivity contribution in [2.45, 2.75) is 33.1 Å². The first-order chi connectivity index (χ1) is 9.95. The van der Waals surface area contributed by atoms with E-state index in [9.17, 15) is 9.18 Å². The third kappa shape index (κ3) is 3.63. The maximum Gasteiger partial charge on any atom is 0.328 e. The Morgan fingerprint density at radius 1 is 1.43 bits per heavy atom. The Morgan fingerprint density at radius 3 is 2.67 bits per heavy atom. The highest BCUT2D eigenvalue weighted by molar-refractivity contribution is 5.87. The van der Waals surface area contributed by atoms with E-state index in [1.807, 2.05) is 4.90 Å². The molecule has 1 heterocycles. The standard InChI is InChI=1S/C17H22FNO2/c1-3-17(2)9-11-19(12-10-17)16-13(7-8-15(20)21)5-4-6-14(16)18/h4-8H,3,9-12H2,1-2H3,(H,20,21)/b8-7+. The lowest BCUT2D eigenvalue weighted by atomic mass is 9.78. The van der Waals surface area contributed by atoms with Crippen LogP contribution in [0.5, 0.6) is 0 Å². The maximum absolute atomic E-state index is 14.2. The monoisotopic (exact) mass is 291 g/mol. The predicted molar refractivity (Wildman–Crippen MR) is 82.9 cm³/mol. The molecule has 1 N–H and O–H groups in total. The third-order valence-corrected chi connectivity index (χ3v) is 4.56. The zero-order chi connectivity index (χ0) is 15.5. The molecule has 0 spiro atoms. The van der Waals surface area contributed by atoms with Crippen molar-refractivity contribution in [2.24, 2.45) is 5.41 Å². The Labute approximate surface area is 125 Å². The summed E-state index contributed by atoms with van der Waals surface area (Å²) < 4.78 is 14.2. The largest absolute Gasteiger partial charge is 0.478 e. The van der Waals surface area contributed by atoms with Gasteiger partial charge in [0, 0.05) is 24.7 Å². The number of rotatable bonds is 4. The first-order valence-electron chi connectivity index (χ1n) is 7.40. The molecule has 21 heavy (non-hydrogen) atoms. The van der Waals surface area contributed by atoms with Crippen LogP contribution < -0.4 is 4.90 Å². The van der Waals surface area contributed by atoms with Crippen LogP contribution in [0.4, 0.5) is 10.1 Å². The molecule has 0 aliphatic carbocycles. The molecule has 0 unspecified atom stereocenters. The van der Waals surface area contributed by atoms with Crippen LogP contribution >= 0.6 is 0 Å². The van der Waals surface area contributed by atoms with Crippen LogP contribution in [0.2, 0.25) is 0 Å². The number of halogens is 1. The summed E-state index contributed by atoms with van der Waals surface area (Å²) in [4.78, 5) is 12.7. The molecule has 0 aromatic heterocycles. The normalized spacial score (nSPS) is 18.1. The number of carboxylic acid groups (broad SMARTS) is 1. The average molecular weight is 291 g/mol. The van der Waals surface area contributed by atoms with Gasteiger partial charge in [0.1, 0.15) is 5.82 Å². The second-order valence-electron chi connectivity index (χ2n) is 6.00. The number of hydrogen-bond acceptors (Lipinski definition) is 2. The van der Waals surface area contributed by atoms with Gasteiger partial charge in [-0.25, -0.2) is 9.18 Å². The lowest BCUT2D eigenvalue weighted by Gasteiger charge is -2.40. The number of para-hydroxylation sites is 1. The van der Waals surface area contributed by atoms with Gasteiger partial charge in [0.25, 0.3) is 0 Å². The number of nitrogens with zero attached hydrogens (tertiary/aromatic N) is 1. The highest BCUT2D eigenvalue weighted by Gasteiger charge is 2.29. The number of benzene rings is 1. The molecule has 0 bridgehead atoms. The summed E-state index contributed by atoms with van der Waals surface area (Å²) in [5, 5.41) is 8.75. The smallest absolute Gasteiger partial charge is 0.328 e. The van der Waals surface area contributed by atoms with Crippen molar-refractivity contribution in [3.63, 3.8) is 0 Å². The van der Waals surface area contributed by atoms with Crippen LogP contribution in [0.3, 0.4) is 0 Å². The van der Waals surface area contributed by atoms with Crippen LogP contribution in [-0.4, -0.2) is 24.2 Å². The lowest BCUT2D eigenvalue weighted by Crippen LogP contribution is -2.39. The van der Waals surface area contributed by atoms with Crippen molar-refractivity contribution in [2.75, 3.05) is 18.0 Å². The molecule has 114 valence electrons. The first kappa shape index (κ1) is 15.5. The van der Waals surface area contributed by atoms with Gasteiger partial charge in [-0.1, -0.05) is 32.4 Å². The van der Waals surface area contributed by atoms with Crippen LogP contribution in [-0.2, 0) is 4.79 Å². The summed E-state index contributed by atoms with van der Waals surface area (Å²) in [7, 11) is 0. The molecule has 0 radical (unpaired) electrons. The Bertz CT molecular complexity index is 546. The van der Waals surface area contributed by atoms with Gasteiger partial charge in [-0.2, -0.15) is 0 Å². The summed E-state index contributed by atoms with van der Waals surface area (Å²) in [5.74, 6) is -1.31. The number of piperidine rings is 1. The summed E-state index contributed by atoms with van der Waals surface area (Å²) in [6.07, 6.45) is 5.70. The minimum atomic E-state index is -1.03. The first-order valence-corrected chi connectivity index (χ1v) is 7.40. The third-order valence-electron chi connectivity index (χ3n) is 4.56. The second kappa shape index (κ2) is 6.29.